The summed E-state index contributed by atoms with van der Waals surface area (Å²) in [7, 11) is 1.71. The molecule has 48 valence electrons. The van der Waals surface area contributed by atoms with Crippen LogP contribution in [0.3, 0.4) is 0 Å². The molecule has 0 aliphatic rings. The SMILES string of the molecule is C=C(C)C(CC)OC. The molecular formula is C7H14O. The van der Waals surface area contributed by atoms with E-state index < -0.39 is 0 Å². The minimum atomic E-state index is 0.259. The van der Waals surface area contributed by atoms with Gasteiger partial charge in [0.05, 0.1) is 6.10 Å². The Morgan fingerprint density at radius 3 is 2.25 bits per heavy atom. The van der Waals surface area contributed by atoms with E-state index >= 15 is 0 Å². The van der Waals surface area contributed by atoms with Gasteiger partial charge in [-0.1, -0.05) is 19.1 Å². The van der Waals surface area contributed by atoms with Gasteiger partial charge in [-0.2, -0.15) is 0 Å². The lowest BCUT2D eigenvalue weighted by molar-refractivity contribution is 0.129. The lowest BCUT2D eigenvalue weighted by Crippen LogP contribution is -2.08. The normalized spacial score (nSPS) is 13.4. The molecule has 0 amide bonds. The van der Waals surface area contributed by atoms with E-state index in [0.717, 1.165) is 12.0 Å². The second-order valence-electron chi connectivity index (χ2n) is 1.98. The van der Waals surface area contributed by atoms with E-state index in [0.29, 0.717) is 0 Å². The van der Waals surface area contributed by atoms with Crippen molar-refractivity contribution in [2.75, 3.05) is 7.11 Å². The van der Waals surface area contributed by atoms with E-state index in [1.54, 1.807) is 7.11 Å². The molecule has 1 unspecified atom stereocenters. The van der Waals surface area contributed by atoms with Crippen LogP contribution in [0.25, 0.3) is 0 Å². The summed E-state index contributed by atoms with van der Waals surface area (Å²) in [6.45, 7) is 7.84. The molecule has 0 radical (unpaired) electrons. The average molecular weight is 114 g/mol. The van der Waals surface area contributed by atoms with Crippen LogP contribution < -0.4 is 0 Å². The molecule has 0 aromatic heterocycles. The van der Waals surface area contributed by atoms with Gasteiger partial charge >= 0.3 is 0 Å². The van der Waals surface area contributed by atoms with Crippen molar-refractivity contribution in [3.05, 3.63) is 12.2 Å². The third kappa shape index (κ3) is 2.12. The van der Waals surface area contributed by atoms with E-state index in [-0.39, 0.29) is 6.10 Å². The maximum Gasteiger partial charge on any atom is 0.0773 e. The van der Waals surface area contributed by atoms with Gasteiger partial charge in [0.1, 0.15) is 0 Å². The minimum absolute atomic E-state index is 0.259. The number of hydrogen-bond acceptors (Lipinski definition) is 1. The lowest BCUT2D eigenvalue weighted by atomic mass is 10.1. The summed E-state index contributed by atoms with van der Waals surface area (Å²) in [5.41, 5.74) is 1.11. The van der Waals surface area contributed by atoms with Crippen LogP contribution in [0.5, 0.6) is 0 Å². The highest BCUT2D eigenvalue weighted by Gasteiger charge is 2.01. The standard InChI is InChI=1S/C7H14O/c1-5-7(8-4)6(2)3/h7H,2,5H2,1,3-4H3. The van der Waals surface area contributed by atoms with Crippen LogP contribution in [0.4, 0.5) is 0 Å². The Balaban J connectivity index is 3.52. The van der Waals surface area contributed by atoms with Crippen molar-refractivity contribution in [1.29, 1.82) is 0 Å². The summed E-state index contributed by atoms with van der Waals surface area (Å²) < 4.78 is 5.06. The highest BCUT2D eigenvalue weighted by Crippen LogP contribution is 2.04. The molecule has 1 heteroatoms. The first-order chi connectivity index (χ1) is 3.72. The predicted molar refractivity (Wildman–Crippen MR) is 35.9 cm³/mol. The van der Waals surface area contributed by atoms with E-state index in [1.807, 2.05) is 6.92 Å². The van der Waals surface area contributed by atoms with Crippen molar-refractivity contribution in [2.45, 2.75) is 26.4 Å². The molecular weight excluding hydrogens is 100 g/mol. The molecule has 0 rings (SSSR count). The van der Waals surface area contributed by atoms with E-state index in [4.69, 9.17) is 4.74 Å². The van der Waals surface area contributed by atoms with Crippen LogP contribution in [-0.2, 0) is 4.74 Å². The Bertz CT molecular complexity index is 72.5. The van der Waals surface area contributed by atoms with Gasteiger partial charge in [0.15, 0.2) is 0 Å². The maximum absolute atomic E-state index is 5.06. The molecule has 0 aliphatic carbocycles. The largest absolute Gasteiger partial charge is 0.377 e. The Morgan fingerprint density at radius 2 is 2.25 bits per heavy atom. The van der Waals surface area contributed by atoms with Gasteiger partial charge in [-0.3, -0.25) is 0 Å². The van der Waals surface area contributed by atoms with Crippen molar-refractivity contribution in [2.24, 2.45) is 0 Å². The molecule has 0 aliphatic heterocycles. The van der Waals surface area contributed by atoms with Crippen molar-refractivity contribution in [3.8, 4) is 0 Å². The summed E-state index contributed by atoms with van der Waals surface area (Å²) >= 11 is 0. The smallest absolute Gasteiger partial charge is 0.0773 e. The fourth-order valence-electron chi connectivity index (χ4n) is 0.716. The zero-order valence-corrected chi connectivity index (χ0v) is 5.90. The zero-order valence-electron chi connectivity index (χ0n) is 5.90. The Hall–Kier alpha value is -0.300. The molecule has 0 bridgehead atoms. The third-order valence-corrected chi connectivity index (χ3v) is 1.20. The van der Waals surface area contributed by atoms with Gasteiger partial charge in [-0.05, 0) is 13.3 Å². The molecule has 0 aromatic carbocycles. The maximum atomic E-state index is 5.06. The topological polar surface area (TPSA) is 9.23 Å². The van der Waals surface area contributed by atoms with Crippen LogP contribution >= 0.6 is 0 Å². The van der Waals surface area contributed by atoms with Crippen molar-refractivity contribution in [3.63, 3.8) is 0 Å². The van der Waals surface area contributed by atoms with Gasteiger partial charge in [0.2, 0.25) is 0 Å². The predicted octanol–water partition coefficient (Wildman–Crippen LogP) is 1.99. The van der Waals surface area contributed by atoms with Gasteiger partial charge in [-0.15, -0.1) is 0 Å². The summed E-state index contributed by atoms with van der Waals surface area (Å²) in [6, 6.07) is 0. The number of rotatable bonds is 3. The molecule has 0 spiro atoms. The van der Waals surface area contributed by atoms with Crippen molar-refractivity contribution >= 4 is 0 Å². The Morgan fingerprint density at radius 1 is 1.75 bits per heavy atom. The van der Waals surface area contributed by atoms with Crippen LogP contribution in [0.15, 0.2) is 12.2 Å². The Kier molecular flexibility index (Phi) is 3.53. The molecule has 8 heavy (non-hydrogen) atoms. The molecule has 0 heterocycles. The first kappa shape index (κ1) is 7.70. The monoisotopic (exact) mass is 114 g/mol. The first-order valence-corrected chi connectivity index (χ1v) is 2.90. The van der Waals surface area contributed by atoms with E-state index in [9.17, 15) is 0 Å². The van der Waals surface area contributed by atoms with Crippen LogP contribution in [0, 0.1) is 0 Å². The molecule has 1 atom stereocenters. The van der Waals surface area contributed by atoms with E-state index in [1.165, 1.54) is 0 Å². The number of ether oxygens (including phenoxy) is 1. The summed E-state index contributed by atoms with van der Waals surface area (Å²) in [5, 5.41) is 0. The third-order valence-electron chi connectivity index (χ3n) is 1.20. The van der Waals surface area contributed by atoms with Gasteiger partial charge in [-0.25, -0.2) is 0 Å². The lowest BCUT2D eigenvalue weighted by Gasteiger charge is -2.10. The molecule has 1 nitrogen and oxygen atoms in total. The van der Waals surface area contributed by atoms with Crippen LogP contribution in [0.2, 0.25) is 0 Å². The fraction of sp³-hybridized carbons (Fsp3) is 0.714. The van der Waals surface area contributed by atoms with Crippen molar-refractivity contribution in [1.82, 2.24) is 0 Å². The molecule has 0 N–H and O–H groups in total. The van der Waals surface area contributed by atoms with Crippen LogP contribution in [-0.4, -0.2) is 13.2 Å². The van der Waals surface area contributed by atoms with Crippen molar-refractivity contribution < 1.29 is 4.74 Å². The van der Waals surface area contributed by atoms with E-state index in [2.05, 4.69) is 13.5 Å². The fourth-order valence-corrected chi connectivity index (χ4v) is 0.716. The average Bonchev–Trinajstić information content (AvgIpc) is 1.69. The highest BCUT2D eigenvalue weighted by atomic mass is 16.5. The number of methoxy groups -OCH3 is 1. The summed E-state index contributed by atoms with van der Waals surface area (Å²) in [6.07, 6.45) is 1.28. The molecule has 0 aromatic rings. The number of hydrogen-bond donors (Lipinski definition) is 0. The quantitative estimate of drug-likeness (QED) is 0.510. The second-order valence-corrected chi connectivity index (χ2v) is 1.98. The Labute approximate surface area is 51.4 Å². The molecule has 0 saturated heterocycles. The molecule has 0 fully saturated rings. The highest BCUT2D eigenvalue weighted by molar-refractivity contribution is 4.96. The zero-order chi connectivity index (χ0) is 6.57. The summed E-state index contributed by atoms with van der Waals surface area (Å²) in [5.74, 6) is 0. The van der Waals surface area contributed by atoms with Gasteiger partial charge in [0.25, 0.3) is 0 Å². The van der Waals surface area contributed by atoms with Crippen LogP contribution in [0.1, 0.15) is 20.3 Å². The first-order valence-electron chi connectivity index (χ1n) is 2.90. The van der Waals surface area contributed by atoms with Gasteiger partial charge < -0.3 is 4.74 Å². The minimum Gasteiger partial charge on any atom is -0.377 e. The molecule has 0 saturated carbocycles. The second kappa shape index (κ2) is 3.67. The van der Waals surface area contributed by atoms with Gasteiger partial charge in [0, 0.05) is 7.11 Å². The summed E-state index contributed by atoms with van der Waals surface area (Å²) in [4.78, 5) is 0.